The minimum Gasteiger partial charge on any atom is -0.478 e. The van der Waals surface area contributed by atoms with Gasteiger partial charge in [-0.2, -0.15) is 0 Å². The molecule has 0 bridgehead atoms. The molecule has 20 heavy (non-hydrogen) atoms. The van der Waals surface area contributed by atoms with Gasteiger partial charge in [-0.3, -0.25) is 0 Å². The highest BCUT2D eigenvalue weighted by Gasteiger charge is 2.26. The number of benzene rings is 1. The van der Waals surface area contributed by atoms with Gasteiger partial charge in [0.1, 0.15) is 5.82 Å². The van der Waals surface area contributed by atoms with Crippen molar-refractivity contribution in [2.45, 2.75) is 41.2 Å². The number of hydrogen-bond donors (Lipinski definition) is 1. The number of rotatable bonds is 4. The summed E-state index contributed by atoms with van der Waals surface area (Å²) in [7, 11) is 0. The van der Waals surface area contributed by atoms with Gasteiger partial charge in [0.2, 0.25) is 0 Å². The maximum Gasteiger partial charge on any atom is 0.337 e. The average Bonchev–Trinajstić information content (AvgIpc) is 2.65. The molecule has 4 heteroatoms. The molecule has 4 nitrogen and oxygen atoms in total. The molecule has 0 saturated carbocycles. The van der Waals surface area contributed by atoms with Crippen LogP contribution in [-0.4, -0.2) is 20.6 Å². The van der Waals surface area contributed by atoms with Crippen LogP contribution in [0.1, 0.15) is 43.9 Å². The summed E-state index contributed by atoms with van der Waals surface area (Å²) in [6.45, 7) is 11.5. The monoisotopic (exact) mass is 274 g/mol. The fourth-order valence-corrected chi connectivity index (χ4v) is 2.26. The summed E-state index contributed by atoms with van der Waals surface area (Å²) in [6, 6.07) is 5.26. The van der Waals surface area contributed by atoms with Crippen LogP contribution in [0.15, 0.2) is 18.2 Å². The van der Waals surface area contributed by atoms with E-state index in [0.29, 0.717) is 11.5 Å². The van der Waals surface area contributed by atoms with Crippen molar-refractivity contribution in [1.82, 2.24) is 9.55 Å². The normalized spacial score (nSPS) is 12.3. The second-order valence-corrected chi connectivity index (χ2v) is 6.37. The molecule has 0 spiro atoms. The Balaban J connectivity index is 2.64. The summed E-state index contributed by atoms with van der Waals surface area (Å²) in [5.41, 5.74) is 1.88. The fourth-order valence-electron chi connectivity index (χ4n) is 2.26. The first-order valence-corrected chi connectivity index (χ1v) is 6.93. The SMILES string of the molecule is Cc1nc2cccc(C(=O)O)c2n1CC(C)(C)C(C)C. The predicted octanol–water partition coefficient (Wildman–Crippen LogP) is 3.73. The molecule has 1 aromatic carbocycles. The van der Waals surface area contributed by atoms with E-state index in [1.165, 1.54) is 0 Å². The third-order valence-corrected chi connectivity index (χ3v) is 4.32. The van der Waals surface area contributed by atoms with Crippen molar-refractivity contribution >= 4 is 17.0 Å². The first-order valence-electron chi connectivity index (χ1n) is 6.93. The fraction of sp³-hybridized carbons (Fsp3) is 0.500. The lowest BCUT2D eigenvalue weighted by Gasteiger charge is -2.30. The topological polar surface area (TPSA) is 55.1 Å². The van der Waals surface area contributed by atoms with E-state index >= 15 is 0 Å². The summed E-state index contributed by atoms with van der Waals surface area (Å²) in [4.78, 5) is 15.9. The van der Waals surface area contributed by atoms with Crippen molar-refractivity contribution in [2.24, 2.45) is 11.3 Å². The molecule has 108 valence electrons. The zero-order valence-electron chi connectivity index (χ0n) is 12.8. The molecule has 0 radical (unpaired) electrons. The van der Waals surface area contributed by atoms with Crippen LogP contribution in [-0.2, 0) is 6.54 Å². The highest BCUT2D eigenvalue weighted by Crippen LogP contribution is 2.31. The largest absolute Gasteiger partial charge is 0.478 e. The van der Waals surface area contributed by atoms with Crippen LogP contribution >= 0.6 is 0 Å². The van der Waals surface area contributed by atoms with Gasteiger partial charge in [-0.25, -0.2) is 9.78 Å². The Hall–Kier alpha value is -1.84. The molecule has 0 saturated heterocycles. The minimum absolute atomic E-state index is 0.0734. The lowest BCUT2D eigenvalue weighted by Crippen LogP contribution is -2.26. The lowest BCUT2D eigenvalue weighted by molar-refractivity contribution is 0.0698. The first-order chi connectivity index (χ1) is 9.24. The van der Waals surface area contributed by atoms with Crippen LogP contribution in [0.5, 0.6) is 0 Å². The summed E-state index contributed by atoms with van der Waals surface area (Å²) >= 11 is 0. The van der Waals surface area contributed by atoms with Crippen molar-refractivity contribution < 1.29 is 9.90 Å². The Kier molecular flexibility index (Phi) is 3.59. The number of carbonyl (C=O) groups is 1. The molecule has 0 aliphatic rings. The van der Waals surface area contributed by atoms with E-state index < -0.39 is 5.97 Å². The van der Waals surface area contributed by atoms with E-state index in [1.807, 2.05) is 17.6 Å². The van der Waals surface area contributed by atoms with Gasteiger partial charge in [-0.15, -0.1) is 0 Å². The highest BCUT2D eigenvalue weighted by molar-refractivity contribution is 6.01. The van der Waals surface area contributed by atoms with Crippen LogP contribution in [0.4, 0.5) is 0 Å². The smallest absolute Gasteiger partial charge is 0.337 e. The number of carboxylic acid groups (broad SMARTS) is 1. The summed E-state index contributed by atoms with van der Waals surface area (Å²) < 4.78 is 2.04. The molecule has 0 aliphatic heterocycles. The average molecular weight is 274 g/mol. The van der Waals surface area contributed by atoms with Crippen LogP contribution in [0.2, 0.25) is 0 Å². The van der Waals surface area contributed by atoms with Crippen LogP contribution < -0.4 is 0 Å². The molecule has 2 aromatic rings. The number of hydrogen-bond acceptors (Lipinski definition) is 2. The molecule has 0 amide bonds. The van der Waals surface area contributed by atoms with Crippen molar-refractivity contribution in [1.29, 1.82) is 0 Å². The molecule has 0 aliphatic carbocycles. The van der Waals surface area contributed by atoms with Crippen molar-refractivity contribution in [2.75, 3.05) is 0 Å². The van der Waals surface area contributed by atoms with Gasteiger partial charge in [-0.1, -0.05) is 33.8 Å². The molecular formula is C16H22N2O2. The number of imidazole rings is 1. The van der Waals surface area contributed by atoms with E-state index in [9.17, 15) is 9.90 Å². The van der Waals surface area contributed by atoms with E-state index in [1.54, 1.807) is 12.1 Å². The van der Waals surface area contributed by atoms with E-state index in [0.717, 1.165) is 23.4 Å². The van der Waals surface area contributed by atoms with E-state index in [2.05, 4.69) is 32.7 Å². The number of aromatic nitrogens is 2. The third-order valence-electron chi connectivity index (χ3n) is 4.32. The number of fused-ring (bicyclic) bond motifs is 1. The summed E-state index contributed by atoms with van der Waals surface area (Å²) in [6.07, 6.45) is 0. The first kappa shape index (κ1) is 14.6. The van der Waals surface area contributed by atoms with E-state index in [-0.39, 0.29) is 5.41 Å². The second-order valence-electron chi connectivity index (χ2n) is 6.37. The molecule has 0 fully saturated rings. The number of nitrogens with zero attached hydrogens (tertiary/aromatic N) is 2. The third kappa shape index (κ3) is 2.42. The number of aryl methyl sites for hydroxylation is 1. The Bertz CT molecular complexity index is 654. The zero-order chi connectivity index (χ0) is 15.1. The van der Waals surface area contributed by atoms with Gasteiger partial charge in [0, 0.05) is 6.54 Å². The second kappa shape index (κ2) is 4.93. The zero-order valence-corrected chi connectivity index (χ0v) is 12.8. The lowest BCUT2D eigenvalue weighted by atomic mass is 9.81. The maximum absolute atomic E-state index is 11.4. The van der Waals surface area contributed by atoms with Crippen molar-refractivity contribution in [3.8, 4) is 0 Å². The van der Waals surface area contributed by atoms with E-state index in [4.69, 9.17) is 0 Å². The van der Waals surface area contributed by atoms with Gasteiger partial charge < -0.3 is 9.67 Å². The van der Waals surface area contributed by atoms with Crippen LogP contribution in [0.3, 0.4) is 0 Å². The molecule has 0 unspecified atom stereocenters. The quantitative estimate of drug-likeness (QED) is 0.924. The number of para-hydroxylation sites is 1. The molecular weight excluding hydrogens is 252 g/mol. The van der Waals surface area contributed by atoms with Crippen molar-refractivity contribution in [3.05, 3.63) is 29.6 Å². The van der Waals surface area contributed by atoms with Crippen LogP contribution in [0, 0.1) is 18.3 Å². The standard InChI is InChI=1S/C16H22N2O2/c1-10(2)16(4,5)9-18-11(3)17-13-8-6-7-12(14(13)18)15(19)20/h6-8,10H,9H2,1-5H3,(H,19,20). The number of aromatic carboxylic acids is 1. The van der Waals surface area contributed by atoms with Gasteiger partial charge in [0.15, 0.2) is 0 Å². The molecule has 2 rings (SSSR count). The Labute approximate surface area is 119 Å². The minimum atomic E-state index is -0.904. The van der Waals surface area contributed by atoms with Gasteiger partial charge in [0.05, 0.1) is 16.6 Å². The summed E-state index contributed by atoms with van der Waals surface area (Å²) in [5.74, 6) is 0.456. The summed E-state index contributed by atoms with van der Waals surface area (Å²) in [5, 5.41) is 9.38. The molecule has 0 atom stereocenters. The Morgan fingerprint density at radius 3 is 2.60 bits per heavy atom. The Morgan fingerprint density at radius 1 is 1.40 bits per heavy atom. The number of carboxylic acids is 1. The van der Waals surface area contributed by atoms with Gasteiger partial charge in [-0.05, 0) is 30.4 Å². The van der Waals surface area contributed by atoms with Gasteiger partial charge >= 0.3 is 5.97 Å². The Morgan fingerprint density at radius 2 is 2.05 bits per heavy atom. The molecule has 1 N–H and O–H groups in total. The highest BCUT2D eigenvalue weighted by atomic mass is 16.4. The predicted molar refractivity (Wildman–Crippen MR) is 80.0 cm³/mol. The maximum atomic E-state index is 11.4. The van der Waals surface area contributed by atoms with Gasteiger partial charge in [0.25, 0.3) is 0 Å². The molecule has 1 heterocycles. The molecule has 1 aromatic heterocycles. The van der Waals surface area contributed by atoms with Crippen LogP contribution in [0.25, 0.3) is 11.0 Å². The van der Waals surface area contributed by atoms with Crippen molar-refractivity contribution in [3.63, 3.8) is 0 Å².